The second kappa shape index (κ2) is 18.0. The van der Waals surface area contributed by atoms with Crippen molar-refractivity contribution in [2.24, 2.45) is 5.16 Å². The zero-order valence-corrected chi connectivity index (χ0v) is 27.2. The molecule has 1 amide bonds. The molecular formula is C37H48N2O6. The molecule has 3 rings (SSSR count). The Balaban J connectivity index is 1.39. The quantitative estimate of drug-likeness (QED) is 0.0606. The van der Waals surface area contributed by atoms with Gasteiger partial charge in [0, 0.05) is 30.2 Å². The molecule has 0 spiro atoms. The van der Waals surface area contributed by atoms with E-state index in [0.717, 1.165) is 18.4 Å². The number of Topliss-reactive ketones (excluding diaryl/α,β-unsaturated/α-hetero) is 2. The van der Waals surface area contributed by atoms with Crippen LogP contribution in [0.15, 0.2) is 59.8 Å². The van der Waals surface area contributed by atoms with E-state index in [4.69, 9.17) is 9.57 Å². The number of hydrogen-bond donors (Lipinski definition) is 1. The van der Waals surface area contributed by atoms with Crippen LogP contribution in [0.2, 0.25) is 0 Å². The molecule has 0 saturated heterocycles. The van der Waals surface area contributed by atoms with Gasteiger partial charge in [0.1, 0.15) is 5.60 Å². The van der Waals surface area contributed by atoms with Crippen LogP contribution >= 0.6 is 0 Å². The maximum absolute atomic E-state index is 12.9. The molecule has 1 aliphatic heterocycles. The molecule has 1 unspecified atom stereocenters. The molecule has 2 aromatic carbocycles. The molecule has 8 heteroatoms. The molecule has 0 fully saturated rings. The number of carbonyl (C=O) groups is 4. The molecule has 1 aliphatic rings. The highest BCUT2D eigenvalue weighted by molar-refractivity contribution is 6.49. The molecule has 1 N–H and O–H groups in total. The average molecular weight is 617 g/mol. The Kier molecular flexibility index (Phi) is 14.2. The summed E-state index contributed by atoms with van der Waals surface area (Å²) in [6.07, 6.45) is 15.1. The van der Waals surface area contributed by atoms with Crippen LogP contribution in [0.3, 0.4) is 0 Å². The van der Waals surface area contributed by atoms with Gasteiger partial charge < -0.3 is 14.9 Å². The number of esters is 1. The van der Waals surface area contributed by atoms with Gasteiger partial charge >= 0.3 is 5.97 Å². The highest BCUT2D eigenvalue weighted by Gasteiger charge is 2.33. The Labute approximate surface area is 267 Å². The van der Waals surface area contributed by atoms with Gasteiger partial charge in [0.25, 0.3) is 0 Å². The Morgan fingerprint density at radius 3 is 1.91 bits per heavy atom. The van der Waals surface area contributed by atoms with E-state index in [1.54, 1.807) is 75.4 Å². The molecule has 0 saturated carbocycles. The van der Waals surface area contributed by atoms with Gasteiger partial charge in [-0.1, -0.05) is 118 Å². The summed E-state index contributed by atoms with van der Waals surface area (Å²) < 4.78 is 5.36. The number of unbranched alkanes of at least 4 members (excludes halogenated alkanes) is 9. The minimum Gasteiger partial charge on any atom is -0.457 e. The summed E-state index contributed by atoms with van der Waals surface area (Å²) in [7, 11) is 0. The number of hydrogen-bond acceptors (Lipinski definition) is 7. The van der Waals surface area contributed by atoms with E-state index in [1.165, 1.54) is 57.4 Å². The summed E-state index contributed by atoms with van der Waals surface area (Å²) in [6, 6.07) is 13.0. The lowest BCUT2D eigenvalue weighted by Gasteiger charge is -2.20. The van der Waals surface area contributed by atoms with Crippen molar-refractivity contribution in [3.8, 4) is 0 Å². The summed E-state index contributed by atoms with van der Waals surface area (Å²) in [5.41, 5.74) is 1.88. The molecule has 0 bridgehead atoms. The second-order valence-corrected chi connectivity index (χ2v) is 12.5. The lowest BCUT2D eigenvalue weighted by Crippen LogP contribution is -2.32. The first-order chi connectivity index (χ1) is 21.6. The first-order valence-corrected chi connectivity index (χ1v) is 16.3. The fourth-order valence-electron chi connectivity index (χ4n) is 4.92. The van der Waals surface area contributed by atoms with E-state index >= 15 is 0 Å². The molecule has 242 valence electrons. The van der Waals surface area contributed by atoms with Crippen molar-refractivity contribution in [2.45, 2.75) is 110 Å². The molecule has 8 nitrogen and oxygen atoms in total. The standard InChI is InChI=1S/C37H48N2O6/c1-5-6-7-8-9-10-11-12-13-14-25-38-33(40)24-17-27-15-18-29(19-16-27)34(41)35(42)30-22-20-28(21-23-30)31-26-32(45-39-31)36(43)44-37(2,3)4/h15-24,32H,5-14,25-26H2,1-4H3,(H,38,40). The van der Waals surface area contributed by atoms with Crippen LogP contribution in [-0.2, 0) is 19.2 Å². The lowest BCUT2D eigenvalue weighted by molar-refractivity contribution is -0.166. The predicted molar refractivity (Wildman–Crippen MR) is 177 cm³/mol. The number of ether oxygens (including phenoxy) is 1. The van der Waals surface area contributed by atoms with Crippen LogP contribution in [0.1, 0.15) is 130 Å². The van der Waals surface area contributed by atoms with Gasteiger partial charge in [0.05, 0.1) is 5.71 Å². The zero-order valence-electron chi connectivity index (χ0n) is 27.2. The summed E-state index contributed by atoms with van der Waals surface area (Å²) in [6.45, 7) is 8.24. The van der Waals surface area contributed by atoms with E-state index in [9.17, 15) is 19.2 Å². The van der Waals surface area contributed by atoms with E-state index in [2.05, 4.69) is 17.4 Å². The van der Waals surface area contributed by atoms with Crippen LogP contribution in [-0.4, -0.2) is 47.4 Å². The summed E-state index contributed by atoms with van der Waals surface area (Å²) in [5, 5.41) is 6.92. The number of rotatable bonds is 18. The third-order valence-corrected chi connectivity index (χ3v) is 7.45. The Morgan fingerprint density at radius 1 is 0.822 bits per heavy atom. The second-order valence-electron chi connectivity index (χ2n) is 12.5. The number of oxime groups is 1. The summed E-state index contributed by atoms with van der Waals surface area (Å²) >= 11 is 0. The fourth-order valence-corrected chi connectivity index (χ4v) is 4.92. The maximum Gasteiger partial charge on any atom is 0.351 e. The van der Waals surface area contributed by atoms with E-state index in [1.807, 2.05) is 0 Å². The number of nitrogens with zero attached hydrogens (tertiary/aromatic N) is 1. The van der Waals surface area contributed by atoms with Crippen molar-refractivity contribution in [3.05, 3.63) is 76.9 Å². The van der Waals surface area contributed by atoms with Crippen molar-refractivity contribution < 1.29 is 28.8 Å². The highest BCUT2D eigenvalue weighted by atomic mass is 16.7. The van der Waals surface area contributed by atoms with Crippen LogP contribution in [0.4, 0.5) is 0 Å². The zero-order chi connectivity index (χ0) is 32.7. The molecule has 45 heavy (non-hydrogen) atoms. The first-order valence-electron chi connectivity index (χ1n) is 16.3. The van der Waals surface area contributed by atoms with Crippen molar-refractivity contribution in [1.29, 1.82) is 0 Å². The topological polar surface area (TPSA) is 111 Å². The molecular weight excluding hydrogens is 568 g/mol. The molecule has 0 aliphatic carbocycles. The van der Waals surface area contributed by atoms with Crippen molar-refractivity contribution in [1.82, 2.24) is 5.32 Å². The van der Waals surface area contributed by atoms with Crippen LogP contribution in [0, 0.1) is 0 Å². The smallest absolute Gasteiger partial charge is 0.351 e. The Morgan fingerprint density at radius 2 is 1.36 bits per heavy atom. The van der Waals surface area contributed by atoms with Crippen LogP contribution in [0.25, 0.3) is 6.08 Å². The van der Waals surface area contributed by atoms with Crippen LogP contribution < -0.4 is 5.32 Å². The Bertz CT molecular complexity index is 1340. The molecule has 0 aromatic heterocycles. The van der Waals surface area contributed by atoms with E-state index in [-0.39, 0.29) is 23.5 Å². The van der Waals surface area contributed by atoms with Crippen LogP contribution in [0.5, 0.6) is 0 Å². The Hall–Kier alpha value is -4.07. The van der Waals surface area contributed by atoms with E-state index in [0.29, 0.717) is 17.8 Å². The summed E-state index contributed by atoms with van der Waals surface area (Å²) in [4.78, 5) is 55.4. The maximum atomic E-state index is 12.9. The van der Waals surface area contributed by atoms with Crippen molar-refractivity contribution in [2.75, 3.05) is 6.54 Å². The van der Waals surface area contributed by atoms with Gasteiger partial charge in [-0.3, -0.25) is 14.4 Å². The van der Waals surface area contributed by atoms with Gasteiger partial charge in [-0.15, -0.1) is 0 Å². The summed E-state index contributed by atoms with van der Waals surface area (Å²) in [5.74, 6) is -1.89. The number of ketones is 2. The molecule has 1 heterocycles. The fraction of sp³-hybridized carbons (Fsp3) is 0.486. The van der Waals surface area contributed by atoms with Crippen molar-refractivity contribution in [3.63, 3.8) is 0 Å². The largest absolute Gasteiger partial charge is 0.457 e. The predicted octanol–water partition coefficient (Wildman–Crippen LogP) is 7.64. The van der Waals surface area contributed by atoms with E-state index < -0.39 is 29.2 Å². The minimum absolute atomic E-state index is 0.153. The van der Waals surface area contributed by atoms with Gasteiger partial charge in [-0.2, -0.15) is 0 Å². The molecule has 0 radical (unpaired) electrons. The van der Waals surface area contributed by atoms with Gasteiger partial charge in [0.15, 0.2) is 0 Å². The minimum atomic E-state index is -0.816. The van der Waals surface area contributed by atoms with Crippen molar-refractivity contribution >= 4 is 35.2 Å². The van der Waals surface area contributed by atoms with Gasteiger partial charge in [-0.05, 0) is 44.4 Å². The van der Waals surface area contributed by atoms with Gasteiger partial charge in [0.2, 0.25) is 23.6 Å². The number of benzene rings is 2. The monoisotopic (exact) mass is 616 g/mol. The molecule has 2 aromatic rings. The lowest BCUT2D eigenvalue weighted by atomic mass is 9.98. The normalized spacial score (nSPS) is 14.6. The average Bonchev–Trinajstić information content (AvgIpc) is 3.52. The first kappa shape index (κ1) is 35.4. The number of nitrogens with one attached hydrogen (secondary N) is 1. The number of carbonyl (C=O) groups excluding carboxylic acids is 4. The number of amides is 1. The third-order valence-electron chi connectivity index (χ3n) is 7.45. The molecule has 1 atom stereocenters. The highest BCUT2D eigenvalue weighted by Crippen LogP contribution is 2.21. The SMILES string of the molecule is CCCCCCCCCCCCNC(=O)C=Cc1ccc(C(=O)C(=O)c2ccc(C3=NOC(C(=O)OC(C)(C)C)C3)cc2)cc1. The van der Waals surface area contributed by atoms with Gasteiger partial charge in [-0.25, -0.2) is 4.79 Å². The third kappa shape index (κ3) is 12.4.